The molecule has 0 bridgehead atoms. The lowest BCUT2D eigenvalue weighted by molar-refractivity contribution is -0.113. The number of fused-ring (bicyclic) bond motifs is 2. The third kappa shape index (κ3) is 6.09. The van der Waals surface area contributed by atoms with Gasteiger partial charge in [0.15, 0.2) is 11.0 Å². The second kappa shape index (κ2) is 12.6. The summed E-state index contributed by atoms with van der Waals surface area (Å²) in [5, 5.41) is 13.9. The molecule has 1 atom stereocenters. The minimum Gasteiger partial charge on any atom is -0.483 e. The van der Waals surface area contributed by atoms with Crippen molar-refractivity contribution < 1.29 is 23.8 Å². The number of nitrogens with one attached hydrogen (secondary N) is 1. The van der Waals surface area contributed by atoms with Gasteiger partial charge in [-0.2, -0.15) is 0 Å². The summed E-state index contributed by atoms with van der Waals surface area (Å²) in [6.45, 7) is 1.51. The first-order valence-corrected chi connectivity index (χ1v) is 15.6. The number of aryl methyl sites for hydroxylation is 1. The van der Waals surface area contributed by atoms with E-state index in [1.54, 1.807) is 6.20 Å². The normalized spacial score (nSPS) is 16.5. The van der Waals surface area contributed by atoms with E-state index < -0.39 is 5.97 Å². The fourth-order valence-electron chi connectivity index (χ4n) is 5.31. The van der Waals surface area contributed by atoms with Gasteiger partial charge in [-0.25, -0.2) is 4.79 Å². The number of anilines is 1. The van der Waals surface area contributed by atoms with E-state index >= 15 is 0 Å². The van der Waals surface area contributed by atoms with E-state index in [1.807, 2.05) is 34.9 Å². The molecule has 3 aromatic heterocycles. The number of ether oxygens (including phenoxy) is 3. The molecule has 1 aromatic carbocycles. The van der Waals surface area contributed by atoms with Crippen molar-refractivity contribution in [3.05, 3.63) is 58.4 Å². The number of hydrogen-bond acceptors (Lipinski definition) is 10. The highest BCUT2D eigenvalue weighted by Crippen LogP contribution is 2.38. The van der Waals surface area contributed by atoms with Crippen molar-refractivity contribution in [2.45, 2.75) is 62.9 Å². The highest BCUT2D eigenvalue weighted by atomic mass is 32.2. The Bertz CT molecular complexity index is 1560. The molecule has 4 aromatic rings. The summed E-state index contributed by atoms with van der Waals surface area (Å²) >= 11 is 2.78. The SMILES string of the molecule is COC(=O)c1c(NC(=O)CSc2nnc(COc3cccc4cccnc34)n2C[C@H]2CCCO2)sc2c1CCCC2. The summed E-state index contributed by atoms with van der Waals surface area (Å²) in [4.78, 5) is 31.2. The van der Waals surface area contributed by atoms with Crippen LogP contribution in [0.2, 0.25) is 0 Å². The maximum atomic E-state index is 13.1. The van der Waals surface area contributed by atoms with Crippen LogP contribution in [0.3, 0.4) is 0 Å². The molecule has 1 N–H and O–H groups in total. The number of carbonyl (C=O) groups is 2. The Morgan fingerprint density at radius 1 is 1.17 bits per heavy atom. The van der Waals surface area contributed by atoms with E-state index in [-0.39, 0.29) is 24.4 Å². The van der Waals surface area contributed by atoms with Gasteiger partial charge in [-0.1, -0.05) is 30.0 Å². The van der Waals surface area contributed by atoms with Crippen molar-refractivity contribution >= 4 is 50.9 Å². The zero-order valence-electron chi connectivity index (χ0n) is 22.8. The minimum atomic E-state index is -0.408. The second-order valence-electron chi connectivity index (χ2n) is 10.0. The Labute approximate surface area is 245 Å². The molecule has 2 aliphatic rings. The van der Waals surface area contributed by atoms with E-state index in [9.17, 15) is 9.59 Å². The molecule has 1 fully saturated rings. The van der Waals surface area contributed by atoms with Gasteiger partial charge in [-0.05, 0) is 56.2 Å². The third-order valence-corrected chi connectivity index (χ3v) is 9.48. The first-order chi connectivity index (χ1) is 20.1. The molecule has 1 aliphatic heterocycles. The lowest BCUT2D eigenvalue weighted by Gasteiger charge is -2.15. The number of hydrogen-bond donors (Lipinski definition) is 1. The van der Waals surface area contributed by atoms with Gasteiger partial charge in [0, 0.05) is 23.1 Å². The van der Waals surface area contributed by atoms with Crippen molar-refractivity contribution in [1.82, 2.24) is 19.7 Å². The Morgan fingerprint density at radius 3 is 2.90 bits per heavy atom. The predicted octanol–water partition coefficient (Wildman–Crippen LogP) is 5.04. The van der Waals surface area contributed by atoms with Gasteiger partial charge >= 0.3 is 5.97 Å². The number of pyridine rings is 1. The average Bonchev–Trinajstić information content (AvgIpc) is 3.74. The maximum absolute atomic E-state index is 13.1. The van der Waals surface area contributed by atoms with Gasteiger partial charge in [-0.15, -0.1) is 21.5 Å². The van der Waals surface area contributed by atoms with Crippen LogP contribution >= 0.6 is 23.1 Å². The predicted molar refractivity (Wildman–Crippen MR) is 157 cm³/mol. The summed E-state index contributed by atoms with van der Waals surface area (Å²) in [6, 6.07) is 9.71. The number of esters is 1. The molecule has 10 nitrogen and oxygen atoms in total. The number of nitrogens with zero attached hydrogens (tertiary/aromatic N) is 4. The molecule has 4 heterocycles. The number of aromatic nitrogens is 4. The first-order valence-electron chi connectivity index (χ1n) is 13.8. The molecule has 12 heteroatoms. The smallest absolute Gasteiger partial charge is 0.341 e. The lowest BCUT2D eigenvalue weighted by Crippen LogP contribution is -2.20. The largest absolute Gasteiger partial charge is 0.483 e. The molecule has 6 rings (SSSR count). The number of thiophene rings is 1. The monoisotopic (exact) mass is 593 g/mol. The molecule has 1 amide bonds. The van der Waals surface area contributed by atoms with E-state index in [0.29, 0.717) is 33.8 Å². The van der Waals surface area contributed by atoms with Crippen molar-refractivity contribution in [3.63, 3.8) is 0 Å². The number of methoxy groups -OCH3 is 1. The van der Waals surface area contributed by atoms with Crippen LogP contribution in [0.1, 0.15) is 52.3 Å². The van der Waals surface area contributed by atoms with E-state index in [0.717, 1.165) is 66.5 Å². The van der Waals surface area contributed by atoms with Crippen LogP contribution in [0.25, 0.3) is 10.9 Å². The van der Waals surface area contributed by atoms with Crippen molar-refractivity contribution in [3.8, 4) is 5.75 Å². The number of amides is 1. The van der Waals surface area contributed by atoms with Crippen LogP contribution < -0.4 is 10.1 Å². The molecular formula is C29H31N5O5S2. The number of thioether (sulfide) groups is 1. The van der Waals surface area contributed by atoms with Gasteiger partial charge < -0.3 is 24.1 Å². The summed E-state index contributed by atoms with van der Waals surface area (Å²) in [5.74, 6) is 0.805. The topological polar surface area (TPSA) is 117 Å². The fourth-order valence-corrected chi connectivity index (χ4v) is 7.37. The van der Waals surface area contributed by atoms with Gasteiger partial charge in [-0.3, -0.25) is 9.78 Å². The summed E-state index contributed by atoms with van der Waals surface area (Å²) < 4.78 is 19.1. The molecular weight excluding hydrogens is 562 g/mol. The standard InChI is InChI=1S/C29H31N5O5S2/c1-37-28(36)25-20-10-2-3-12-22(20)41-27(25)31-24(35)17-40-29-33-32-23(34(29)15-19-9-6-14-38-19)16-39-21-11-4-7-18-8-5-13-30-26(18)21/h4-5,7-8,11,13,19H,2-3,6,9-10,12,14-17H2,1H3,(H,31,35)/t19-/m1/s1. The van der Waals surface area contributed by atoms with Gasteiger partial charge in [0.1, 0.15) is 22.9 Å². The van der Waals surface area contributed by atoms with Crippen LogP contribution in [0.4, 0.5) is 5.00 Å². The van der Waals surface area contributed by atoms with Crippen LogP contribution in [-0.2, 0) is 40.3 Å². The number of rotatable bonds is 10. The maximum Gasteiger partial charge on any atom is 0.341 e. The van der Waals surface area contributed by atoms with Crippen LogP contribution in [0, 0.1) is 0 Å². The Kier molecular flexibility index (Phi) is 8.49. The molecule has 1 saturated heterocycles. The Morgan fingerprint density at radius 2 is 2.05 bits per heavy atom. The summed E-state index contributed by atoms with van der Waals surface area (Å²) in [7, 11) is 1.37. The summed E-state index contributed by atoms with van der Waals surface area (Å²) in [5.41, 5.74) is 2.29. The van der Waals surface area contributed by atoms with Crippen molar-refractivity contribution in [1.29, 1.82) is 0 Å². The Balaban J connectivity index is 1.17. The molecule has 0 unspecified atom stereocenters. The number of carbonyl (C=O) groups excluding carboxylic acids is 2. The zero-order chi connectivity index (χ0) is 28.2. The first kappa shape index (κ1) is 27.7. The van der Waals surface area contributed by atoms with E-state index in [4.69, 9.17) is 14.2 Å². The van der Waals surface area contributed by atoms with Crippen molar-refractivity contribution in [2.24, 2.45) is 0 Å². The molecule has 1 aliphatic carbocycles. The van der Waals surface area contributed by atoms with Crippen LogP contribution in [-0.4, -0.2) is 57.2 Å². The van der Waals surface area contributed by atoms with E-state index in [2.05, 4.69) is 20.5 Å². The second-order valence-corrected chi connectivity index (χ2v) is 12.1. The number of benzene rings is 1. The van der Waals surface area contributed by atoms with Gasteiger partial charge in [0.2, 0.25) is 5.91 Å². The Hall–Kier alpha value is -3.48. The molecule has 214 valence electrons. The molecule has 41 heavy (non-hydrogen) atoms. The zero-order valence-corrected chi connectivity index (χ0v) is 24.4. The third-order valence-electron chi connectivity index (χ3n) is 7.30. The van der Waals surface area contributed by atoms with Gasteiger partial charge in [0.05, 0.1) is 31.1 Å². The fraction of sp³-hybridized carbons (Fsp3) is 0.414. The highest BCUT2D eigenvalue weighted by molar-refractivity contribution is 7.99. The molecule has 0 spiro atoms. The molecule has 0 radical (unpaired) electrons. The van der Waals surface area contributed by atoms with E-state index in [1.165, 1.54) is 30.2 Å². The van der Waals surface area contributed by atoms with Crippen molar-refractivity contribution in [2.75, 3.05) is 24.8 Å². The quantitative estimate of drug-likeness (QED) is 0.199. The highest BCUT2D eigenvalue weighted by Gasteiger charge is 2.27. The summed E-state index contributed by atoms with van der Waals surface area (Å²) in [6.07, 6.45) is 7.62. The minimum absolute atomic E-state index is 0.0530. The number of para-hydroxylation sites is 1. The molecule has 0 saturated carbocycles. The van der Waals surface area contributed by atoms with Crippen LogP contribution in [0.15, 0.2) is 41.7 Å². The van der Waals surface area contributed by atoms with Crippen LogP contribution in [0.5, 0.6) is 5.75 Å². The van der Waals surface area contributed by atoms with Gasteiger partial charge in [0.25, 0.3) is 0 Å². The average molecular weight is 594 g/mol. The lowest BCUT2D eigenvalue weighted by atomic mass is 9.95.